The lowest BCUT2D eigenvalue weighted by atomic mass is 10.0. The fraction of sp³-hybridized carbons (Fsp3) is 0.524. The molecule has 0 bridgehead atoms. The molecule has 1 amide bonds. The van der Waals surface area contributed by atoms with Crippen LogP contribution >= 0.6 is 0 Å². The Labute approximate surface area is 161 Å². The summed E-state index contributed by atoms with van der Waals surface area (Å²) in [6.45, 7) is 4.52. The first-order valence-electron chi connectivity index (χ1n) is 9.83. The molecular formula is C21H30N4O2. The van der Waals surface area contributed by atoms with E-state index < -0.39 is 0 Å². The zero-order valence-corrected chi connectivity index (χ0v) is 16.2. The van der Waals surface area contributed by atoms with Gasteiger partial charge in [0.1, 0.15) is 0 Å². The van der Waals surface area contributed by atoms with Crippen molar-refractivity contribution in [2.75, 3.05) is 26.7 Å². The highest BCUT2D eigenvalue weighted by atomic mass is 16.5. The molecule has 0 saturated carbocycles. The van der Waals surface area contributed by atoms with Crippen LogP contribution < -0.4 is 0 Å². The molecule has 27 heavy (non-hydrogen) atoms. The summed E-state index contributed by atoms with van der Waals surface area (Å²) in [6.07, 6.45) is 9.81. The van der Waals surface area contributed by atoms with Gasteiger partial charge in [0, 0.05) is 51.2 Å². The van der Waals surface area contributed by atoms with Crippen molar-refractivity contribution in [2.45, 2.75) is 44.8 Å². The Morgan fingerprint density at radius 1 is 1.30 bits per heavy atom. The minimum Gasteiger partial charge on any atom is -0.453 e. The SMILES string of the molecule is COC(=O)N1CCCCC1CN(CCCn1ccnc1)Cc1ccccc1. The second-order valence-electron chi connectivity index (χ2n) is 7.19. The van der Waals surface area contributed by atoms with E-state index in [1.165, 1.54) is 19.1 Å². The number of aryl methyl sites for hydroxylation is 1. The predicted molar refractivity (Wildman–Crippen MR) is 105 cm³/mol. The monoisotopic (exact) mass is 370 g/mol. The lowest BCUT2D eigenvalue weighted by Gasteiger charge is -2.38. The molecule has 1 aliphatic rings. The third kappa shape index (κ3) is 5.82. The number of carbonyl (C=O) groups is 1. The third-order valence-corrected chi connectivity index (χ3v) is 5.20. The van der Waals surface area contributed by atoms with Crippen LogP contribution in [0.25, 0.3) is 0 Å². The van der Waals surface area contributed by atoms with Gasteiger partial charge in [-0.15, -0.1) is 0 Å². The Morgan fingerprint density at radius 3 is 2.89 bits per heavy atom. The van der Waals surface area contributed by atoms with Gasteiger partial charge in [0.25, 0.3) is 0 Å². The van der Waals surface area contributed by atoms with Crippen LogP contribution in [0.3, 0.4) is 0 Å². The number of amides is 1. The molecule has 1 unspecified atom stereocenters. The number of likely N-dealkylation sites (tertiary alicyclic amines) is 1. The van der Waals surface area contributed by atoms with Crippen molar-refractivity contribution >= 4 is 6.09 Å². The maximum Gasteiger partial charge on any atom is 0.409 e. The first-order valence-corrected chi connectivity index (χ1v) is 9.83. The zero-order valence-electron chi connectivity index (χ0n) is 16.2. The number of aromatic nitrogens is 2. The molecule has 3 rings (SSSR count). The molecule has 1 aromatic heterocycles. The number of piperidine rings is 1. The molecule has 1 aliphatic heterocycles. The number of imidazole rings is 1. The molecule has 0 spiro atoms. The van der Waals surface area contributed by atoms with E-state index in [1.807, 2.05) is 29.7 Å². The van der Waals surface area contributed by atoms with Crippen molar-refractivity contribution in [3.8, 4) is 0 Å². The van der Waals surface area contributed by atoms with Gasteiger partial charge in [-0.1, -0.05) is 30.3 Å². The van der Waals surface area contributed by atoms with E-state index in [2.05, 4.69) is 38.7 Å². The molecule has 0 N–H and O–H groups in total. The van der Waals surface area contributed by atoms with Gasteiger partial charge in [0.2, 0.25) is 0 Å². The number of nitrogens with zero attached hydrogens (tertiary/aromatic N) is 4. The van der Waals surface area contributed by atoms with E-state index in [4.69, 9.17) is 4.74 Å². The van der Waals surface area contributed by atoms with Crippen LogP contribution in [-0.4, -0.2) is 58.2 Å². The van der Waals surface area contributed by atoms with Gasteiger partial charge < -0.3 is 14.2 Å². The van der Waals surface area contributed by atoms with Gasteiger partial charge >= 0.3 is 6.09 Å². The lowest BCUT2D eigenvalue weighted by molar-refractivity contribution is 0.0719. The fourth-order valence-corrected chi connectivity index (χ4v) is 3.82. The van der Waals surface area contributed by atoms with Gasteiger partial charge in [-0.05, 0) is 31.2 Å². The van der Waals surface area contributed by atoms with E-state index in [9.17, 15) is 4.79 Å². The smallest absolute Gasteiger partial charge is 0.409 e. The minimum atomic E-state index is -0.197. The highest BCUT2D eigenvalue weighted by Crippen LogP contribution is 2.20. The number of ether oxygens (including phenoxy) is 1. The van der Waals surface area contributed by atoms with E-state index >= 15 is 0 Å². The van der Waals surface area contributed by atoms with Crippen LogP contribution in [0.4, 0.5) is 4.79 Å². The summed E-state index contributed by atoms with van der Waals surface area (Å²) < 4.78 is 7.12. The standard InChI is InChI=1S/C21H30N4O2/c1-27-21(26)25-14-6-5-10-20(25)17-24(16-19-8-3-2-4-9-19)13-7-12-23-15-11-22-18-23/h2-4,8-9,11,15,18,20H,5-7,10,12-14,16-17H2,1H3. The third-order valence-electron chi connectivity index (χ3n) is 5.20. The van der Waals surface area contributed by atoms with Crippen LogP contribution in [0.5, 0.6) is 0 Å². The maximum absolute atomic E-state index is 12.2. The van der Waals surface area contributed by atoms with Crippen LogP contribution in [0.2, 0.25) is 0 Å². The normalized spacial score (nSPS) is 17.3. The second-order valence-corrected chi connectivity index (χ2v) is 7.19. The van der Waals surface area contributed by atoms with Gasteiger partial charge in [-0.3, -0.25) is 4.90 Å². The van der Waals surface area contributed by atoms with Crippen LogP contribution in [-0.2, 0) is 17.8 Å². The molecule has 6 nitrogen and oxygen atoms in total. The highest BCUT2D eigenvalue weighted by Gasteiger charge is 2.28. The minimum absolute atomic E-state index is 0.197. The number of hydrogen-bond donors (Lipinski definition) is 0. The zero-order chi connectivity index (χ0) is 18.9. The molecule has 1 aromatic carbocycles. The fourth-order valence-electron chi connectivity index (χ4n) is 3.82. The van der Waals surface area contributed by atoms with E-state index in [-0.39, 0.29) is 12.1 Å². The molecule has 1 saturated heterocycles. The van der Waals surface area contributed by atoms with Crippen molar-refractivity contribution in [3.05, 3.63) is 54.6 Å². The average Bonchev–Trinajstić information content (AvgIpc) is 3.22. The Hall–Kier alpha value is -2.34. The van der Waals surface area contributed by atoms with Crippen molar-refractivity contribution < 1.29 is 9.53 Å². The Morgan fingerprint density at radius 2 is 2.15 bits per heavy atom. The van der Waals surface area contributed by atoms with Gasteiger partial charge in [-0.2, -0.15) is 0 Å². The van der Waals surface area contributed by atoms with Gasteiger partial charge in [0.15, 0.2) is 0 Å². The van der Waals surface area contributed by atoms with Gasteiger partial charge in [-0.25, -0.2) is 9.78 Å². The van der Waals surface area contributed by atoms with E-state index in [1.54, 1.807) is 0 Å². The van der Waals surface area contributed by atoms with E-state index in [0.717, 1.165) is 52.0 Å². The Kier molecular flexibility index (Phi) is 7.27. The first kappa shape index (κ1) is 19.4. The summed E-state index contributed by atoms with van der Waals surface area (Å²) in [7, 11) is 1.47. The first-order chi connectivity index (χ1) is 13.3. The summed E-state index contributed by atoms with van der Waals surface area (Å²) in [5, 5.41) is 0. The average molecular weight is 370 g/mol. The highest BCUT2D eigenvalue weighted by molar-refractivity contribution is 5.68. The Bertz CT molecular complexity index is 675. The Balaban J connectivity index is 1.63. The van der Waals surface area contributed by atoms with Crippen molar-refractivity contribution in [2.24, 2.45) is 0 Å². The van der Waals surface area contributed by atoms with Crippen molar-refractivity contribution in [1.29, 1.82) is 0 Å². The maximum atomic E-state index is 12.2. The lowest BCUT2D eigenvalue weighted by Crippen LogP contribution is -2.49. The number of carbonyl (C=O) groups excluding carboxylic acids is 1. The summed E-state index contributed by atoms with van der Waals surface area (Å²) in [5.74, 6) is 0. The molecule has 2 heterocycles. The molecule has 6 heteroatoms. The number of rotatable bonds is 8. The van der Waals surface area contributed by atoms with Crippen LogP contribution in [0.1, 0.15) is 31.2 Å². The molecular weight excluding hydrogens is 340 g/mol. The molecule has 0 radical (unpaired) electrons. The molecule has 1 fully saturated rings. The summed E-state index contributed by atoms with van der Waals surface area (Å²) >= 11 is 0. The van der Waals surface area contributed by atoms with Crippen molar-refractivity contribution in [1.82, 2.24) is 19.4 Å². The number of benzene rings is 1. The number of hydrogen-bond acceptors (Lipinski definition) is 4. The predicted octanol–water partition coefficient (Wildman–Crippen LogP) is 3.40. The molecule has 2 aromatic rings. The van der Waals surface area contributed by atoms with E-state index in [0.29, 0.717) is 0 Å². The molecule has 146 valence electrons. The van der Waals surface area contributed by atoms with Gasteiger partial charge in [0.05, 0.1) is 13.4 Å². The largest absolute Gasteiger partial charge is 0.453 e. The molecule has 1 atom stereocenters. The van der Waals surface area contributed by atoms with Crippen LogP contribution in [0.15, 0.2) is 49.1 Å². The topological polar surface area (TPSA) is 50.6 Å². The summed E-state index contributed by atoms with van der Waals surface area (Å²) in [4.78, 5) is 20.7. The molecule has 0 aliphatic carbocycles. The summed E-state index contributed by atoms with van der Waals surface area (Å²) in [5.41, 5.74) is 1.31. The summed E-state index contributed by atoms with van der Waals surface area (Å²) in [6, 6.07) is 10.8. The van der Waals surface area contributed by atoms with Crippen LogP contribution in [0, 0.1) is 0 Å². The number of methoxy groups -OCH3 is 1. The second kappa shape index (κ2) is 10.1. The van der Waals surface area contributed by atoms with Crippen molar-refractivity contribution in [3.63, 3.8) is 0 Å². The quantitative estimate of drug-likeness (QED) is 0.715.